The molecular formula is C20H21FN4O2S. The van der Waals surface area contributed by atoms with Crippen LogP contribution in [0, 0.1) is 5.82 Å². The van der Waals surface area contributed by atoms with Crippen LogP contribution in [0.15, 0.2) is 48.5 Å². The quantitative estimate of drug-likeness (QED) is 0.556. The van der Waals surface area contributed by atoms with Gasteiger partial charge >= 0.3 is 6.03 Å². The summed E-state index contributed by atoms with van der Waals surface area (Å²) < 4.78 is 18.8. The highest BCUT2D eigenvalue weighted by molar-refractivity contribution is 7.15. The number of aromatic nitrogens is 2. The summed E-state index contributed by atoms with van der Waals surface area (Å²) in [4.78, 5) is 12.0. The van der Waals surface area contributed by atoms with E-state index < -0.39 is 6.03 Å². The van der Waals surface area contributed by atoms with Crippen LogP contribution in [0.5, 0.6) is 5.75 Å². The van der Waals surface area contributed by atoms with E-state index in [1.54, 1.807) is 0 Å². The van der Waals surface area contributed by atoms with E-state index in [1.807, 2.05) is 18.2 Å². The van der Waals surface area contributed by atoms with Gasteiger partial charge in [0.05, 0.1) is 0 Å². The van der Waals surface area contributed by atoms with Gasteiger partial charge in [0.1, 0.15) is 18.2 Å². The van der Waals surface area contributed by atoms with Gasteiger partial charge in [0, 0.05) is 5.69 Å². The predicted molar refractivity (Wildman–Crippen MR) is 108 cm³/mol. The first kappa shape index (κ1) is 19.8. The molecule has 0 saturated carbocycles. The summed E-state index contributed by atoms with van der Waals surface area (Å²) in [5.74, 6) is 0.864. The van der Waals surface area contributed by atoms with Crippen molar-refractivity contribution in [1.82, 2.24) is 10.2 Å². The number of carbonyl (C=O) groups is 1. The maximum atomic E-state index is 12.9. The number of ether oxygens (including phenoxy) is 1. The van der Waals surface area contributed by atoms with Crippen molar-refractivity contribution in [3.05, 3.63) is 64.9 Å². The highest BCUT2D eigenvalue weighted by Crippen LogP contribution is 2.29. The molecule has 1 unspecified atom stereocenters. The first-order valence-corrected chi connectivity index (χ1v) is 9.74. The average molecular weight is 400 g/mol. The molecule has 1 heterocycles. The number of benzene rings is 2. The highest BCUT2D eigenvalue weighted by atomic mass is 32.1. The van der Waals surface area contributed by atoms with E-state index in [0.29, 0.717) is 21.7 Å². The van der Waals surface area contributed by atoms with Gasteiger partial charge in [-0.05, 0) is 48.2 Å². The molecular weight excluding hydrogens is 379 g/mol. The highest BCUT2D eigenvalue weighted by Gasteiger charge is 2.12. The monoisotopic (exact) mass is 400 g/mol. The molecule has 0 fully saturated rings. The van der Waals surface area contributed by atoms with Crippen LogP contribution in [-0.2, 0) is 6.61 Å². The minimum absolute atomic E-state index is 0.270. The van der Waals surface area contributed by atoms with E-state index in [4.69, 9.17) is 4.74 Å². The molecule has 0 aliphatic heterocycles. The van der Waals surface area contributed by atoms with Crippen molar-refractivity contribution >= 4 is 28.2 Å². The van der Waals surface area contributed by atoms with Gasteiger partial charge in [-0.25, -0.2) is 9.18 Å². The molecule has 6 nitrogen and oxygen atoms in total. The molecule has 0 radical (unpaired) electrons. The third kappa shape index (κ3) is 5.26. The minimum atomic E-state index is -0.475. The Morgan fingerprint density at radius 1 is 1.14 bits per heavy atom. The molecule has 3 aromatic rings. The van der Waals surface area contributed by atoms with Gasteiger partial charge < -0.3 is 10.1 Å². The Labute approximate surface area is 166 Å². The third-order valence-electron chi connectivity index (χ3n) is 4.20. The second-order valence-corrected chi connectivity index (χ2v) is 7.28. The van der Waals surface area contributed by atoms with Crippen LogP contribution in [0.2, 0.25) is 0 Å². The lowest BCUT2D eigenvalue weighted by atomic mass is 9.98. The minimum Gasteiger partial charge on any atom is -0.486 e. The molecule has 0 aliphatic rings. The normalized spacial score (nSPS) is 11.7. The lowest BCUT2D eigenvalue weighted by Gasteiger charge is -2.14. The number of urea groups is 1. The zero-order valence-corrected chi connectivity index (χ0v) is 16.4. The van der Waals surface area contributed by atoms with Crippen LogP contribution in [0.1, 0.15) is 36.8 Å². The average Bonchev–Trinajstić information content (AvgIpc) is 3.15. The number of carbonyl (C=O) groups excluding carboxylic acids is 1. The molecule has 0 aliphatic carbocycles. The number of nitrogens with zero attached hydrogens (tertiary/aromatic N) is 2. The molecule has 0 spiro atoms. The lowest BCUT2D eigenvalue weighted by Crippen LogP contribution is -2.19. The summed E-state index contributed by atoms with van der Waals surface area (Å²) in [5.41, 5.74) is 1.64. The van der Waals surface area contributed by atoms with Crippen LogP contribution in [0.3, 0.4) is 0 Å². The Bertz CT molecular complexity index is 930. The third-order valence-corrected chi connectivity index (χ3v) is 5.02. The topological polar surface area (TPSA) is 76.1 Å². The summed E-state index contributed by atoms with van der Waals surface area (Å²) in [6.07, 6.45) is 1.02. The van der Waals surface area contributed by atoms with Crippen molar-refractivity contribution in [1.29, 1.82) is 0 Å². The van der Waals surface area contributed by atoms with Gasteiger partial charge in [-0.2, -0.15) is 0 Å². The number of hydrogen-bond acceptors (Lipinski definition) is 5. The number of para-hydroxylation sites is 1. The van der Waals surface area contributed by atoms with Crippen LogP contribution < -0.4 is 15.4 Å². The maximum Gasteiger partial charge on any atom is 0.325 e. The summed E-state index contributed by atoms with van der Waals surface area (Å²) >= 11 is 1.23. The standard InChI is InChI=1S/C20H21FN4O2S/c1-3-13(2)16-6-4-5-7-17(16)27-12-18-24-25-20(28-18)23-19(26)22-15-10-8-14(21)9-11-15/h4-11,13H,3,12H2,1-2H3,(H2,22,23,25,26). The van der Waals surface area contributed by atoms with Gasteiger partial charge in [-0.15, -0.1) is 10.2 Å². The first-order chi connectivity index (χ1) is 13.5. The molecule has 2 aromatic carbocycles. The van der Waals surface area contributed by atoms with E-state index in [9.17, 15) is 9.18 Å². The summed E-state index contributed by atoms with van der Waals surface area (Å²) in [6, 6.07) is 13.0. The van der Waals surface area contributed by atoms with Gasteiger partial charge in [0.2, 0.25) is 5.13 Å². The van der Waals surface area contributed by atoms with Crippen molar-refractivity contribution in [3.8, 4) is 5.75 Å². The molecule has 0 bridgehead atoms. The molecule has 3 rings (SSSR count). The SMILES string of the molecule is CCC(C)c1ccccc1OCc1nnc(NC(=O)Nc2ccc(F)cc2)s1. The Hall–Kier alpha value is -3.00. The summed E-state index contributed by atoms with van der Waals surface area (Å²) in [5, 5.41) is 14.2. The predicted octanol–water partition coefficient (Wildman–Crippen LogP) is 5.41. The van der Waals surface area contributed by atoms with Crippen molar-refractivity contribution < 1.29 is 13.9 Å². The number of hydrogen-bond donors (Lipinski definition) is 2. The van der Waals surface area contributed by atoms with Crippen LogP contribution in [0.25, 0.3) is 0 Å². The smallest absolute Gasteiger partial charge is 0.325 e. The molecule has 2 N–H and O–H groups in total. The molecule has 146 valence electrons. The van der Waals surface area contributed by atoms with E-state index in [1.165, 1.54) is 35.6 Å². The first-order valence-electron chi connectivity index (χ1n) is 8.93. The second-order valence-electron chi connectivity index (χ2n) is 6.22. The Kier molecular flexibility index (Phi) is 6.54. The van der Waals surface area contributed by atoms with Crippen molar-refractivity contribution in [2.24, 2.45) is 0 Å². The zero-order chi connectivity index (χ0) is 19.9. The molecule has 8 heteroatoms. The number of nitrogens with one attached hydrogen (secondary N) is 2. The molecule has 2 amide bonds. The van der Waals surface area contributed by atoms with E-state index >= 15 is 0 Å². The van der Waals surface area contributed by atoms with E-state index in [2.05, 4.69) is 40.7 Å². The number of anilines is 2. The van der Waals surface area contributed by atoms with Crippen molar-refractivity contribution in [3.63, 3.8) is 0 Å². The molecule has 1 aromatic heterocycles. The molecule has 28 heavy (non-hydrogen) atoms. The van der Waals surface area contributed by atoms with Gasteiger partial charge in [-0.3, -0.25) is 5.32 Å². The second kappa shape index (κ2) is 9.27. The Balaban J connectivity index is 1.56. The largest absolute Gasteiger partial charge is 0.486 e. The Morgan fingerprint density at radius 3 is 2.64 bits per heavy atom. The van der Waals surface area contributed by atoms with Crippen LogP contribution >= 0.6 is 11.3 Å². The number of amides is 2. The fourth-order valence-corrected chi connectivity index (χ4v) is 3.18. The fourth-order valence-electron chi connectivity index (χ4n) is 2.53. The Morgan fingerprint density at radius 2 is 1.89 bits per heavy atom. The number of halogens is 1. The van der Waals surface area contributed by atoms with Gasteiger partial charge in [0.25, 0.3) is 0 Å². The van der Waals surface area contributed by atoms with Crippen LogP contribution in [-0.4, -0.2) is 16.2 Å². The fraction of sp³-hybridized carbons (Fsp3) is 0.250. The van der Waals surface area contributed by atoms with E-state index in [-0.39, 0.29) is 12.4 Å². The van der Waals surface area contributed by atoms with Crippen molar-refractivity contribution in [2.75, 3.05) is 10.6 Å². The molecule has 1 atom stereocenters. The van der Waals surface area contributed by atoms with Crippen LogP contribution in [0.4, 0.5) is 20.0 Å². The molecule has 0 saturated heterocycles. The van der Waals surface area contributed by atoms with Gasteiger partial charge in [-0.1, -0.05) is 43.4 Å². The lowest BCUT2D eigenvalue weighted by molar-refractivity contribution is 0.262. The summed E-state index contributed by atoms with van der Waals surface area (Å²) in [7, 11) is 0. The van der Waals surface area contributed by atoms with E-state index in [0.717, 1.165) is 17.7 Å². The summed E-state index contributed by atoms with van der Waals surface area (Å²) in [6.45, 7) is 4.57. The van der Waals surface area contributed by atoms with Crippen molar-refractivity contribution in [2.45, 2.75) is 32.8 Å². The van der Waals surface area contributed by atoms with Gasteiger partial charge in [0.15, 0.2) is 5.01 Å². The maximum absolute atomic E-state index is 12.9. The zero-order valence-electron chi connectivity index (χ0n) is 15.6. The number of rotatable bonds is 7.